The average Bonchev–Trinajstić information content (AvgIpc) is 2.69. The molecule has 5 nitrogen and oxygen atoms in total. The van der Waals surface area contributed by atoms with Gasteiger partial charge in [0.05, 0.1) is 19.8 Å². The van der Waals surface area contributed by atoms with Crippen LogP contribution in [-0.2, 0) is 14.3 Å². The zero-order valence-electron chi connectivity index (χ0n) is 18.1. The molecule has 0 aromatic rings. The van der Waals surface area contributed by atoms with E-state index in [1.54, 1.807) is 0 Å². The second-order valence-electron chi connectivity index (χ2n) is 7.47. The van der Waals surface area contributed by atoms with E-state index in [1.807, 2.05) is 0 Å². The fourth-order valence-electron chi connectivity index (χ4n) is 2.93. The maximum atomic E-state index is 11.6. The van der Waals surface area contributed by atoms with Crippen molar-refractivity contribution in [1.82, 2.24) is 0 Å². The summed E-state index contributed by atoms with van der Waals surface area (Å²) in [6.07, 6.45) is 20.2. The number of carbonyl (C=O) groups is 1. The molecule has 28 heavy (non-hydrogen) atoms. The van der Waals surface area contributed by atoms with Crippen molar-refractivity contribution >= 4 is 5.97 Å². The first-order valence-electron chi connectivity index (χ1n) is 11.4. The van der Waals surface area contributed by atoms with Crippen molar-refractivity contribution in [3.63, 3.8) is 0 Å². The Morgan fingerprint density at radius 3 is 2.04 bits per heavy atom. The van der Waals surface area contributed by atoms with Gasteiger partial charge in [-0.2, -0.15) is 0 Å². The molecule has 0 radical (unpaired) electrons. The lowest BCUT2D eigenvalue weighted by Crippen LogP contribution is -2.24. The van der Waals surface area contributed by atoms with E-state index in [-0.39, 0.29) is 32.4 Å². The Morgan fingerprint density at radius 2 is 1.43 bits per heavy atom. The standard InChI is InChI=1S/C23H44O5/c1-2-3-4-5-6-7-8-9-10-11-12-13-14-15-16-17-23(26)28-21-22(25)20-27-19-18-24/h9-10,22,24-25H,2-8,11-21H2,1H3/b10-9+. The minimum absolute atomic E-state index is 0.0463. The van der Waals surface area contributed by atoms with Crippen LogP contribution in [0.3, 0.4) is 0 Å². The summed E-state index contributed by atoms with van der Waals surface area (Å²) in [4.78, 5) is 11.6. The molecule has 0 bridgehead atoms. The van der Waals surface area contributed by atoms with Gasteiger partial charge in [-0.1, -0.05) is 70.4 Å². The normalized spacial score (nSPS) is 12.5. The molecule has 166 valence electrons. The number of hydrogen-bond donors (Lipinski definition) is 2. The molecule has 1 unspecified atom stereocenters. The Balaban J connectivity index is 3.29. The zero-order chi connectivity index (χ0) is 20.7. The van der Waals surface area contributed by atoms with Crippen molar-refractivity contribution in [2.45, 2.75) is 103 Å². The van der Waals surface area contributed by atoms with E-state index in [9.17, 15) is 9.90 Å². The van der Waals surface area contributed by atoms with Crippen LogP contribution in [0.1, 0.15) is 96.8 Å². The van der Waals surface area contributed by atoms with Gasteiger partial charge in [0.25, 0.3) is 0 Å². The van der Waals surface area contributed by atoms with Crippen LogP contribution in [0, 0.1) is 0 Å². The Kier molecular flexibility index (Phi) is 21.7. The van der Waals surface area contributed by atoms with Gasteiger partial charge in [-0.15, -0.1) is 0 Å². The monoisotopic (exact) mass is 400 g/mol. The van der Waals surface area contributed by atoms with E-state index in [4.69, 9.17) is 14.6 Å². The fourth-order valence-corrected chi connectivity index (χ4v) is 2.93. The largest absolute Gasteiger partial charge is 0.463 e. The summed E-state index contributed by atoms with van der Waals surface area (Å²) < 4.78 is 9.98. The summed E-state index contributed by atoms with van der Waals surface area (Å²) in [6, 6.07) is 0. The number of aliphatic hydroxyl groups is 2. The smallest absolute Gasteiger partial charge is 0.305 e. The predicted molar refractivity (Wildman–Crippen MR) is 114 cm³/mol. The van der Waals surface area contributed by atoms with Crippen LogP contribution in [0.5, 0.6) is 0 Å². The highest BCUT2D eigenvalue weighted by Gasteiger charge is 2.08. The van der Waals surface area contributed by atoms with Gasteiger partial charge in [0.2, 0.25) is 0 Å². The third-order valence-corrected chi connectivity index (χ3v) is 4.63. The van der Waals surface area contributed by atoms with E-state index in [0.29, 0.717) is 6.42 Å². The number of aliphatic hydroxyl groups excluding tert-OH is 2. The van der Waals surface area contributed by atoms with Crippen molar-refractivity contribution in [3.05, 3.63) is 12.2 Å². The zero-order valence-corrected chi connectivity index (χ0v) is 18.1. The molecule has 5 heteroatoms. The Hall–Kier alpha value is -0.910. The molecule has 0 spiro atoms. The highest BCUT2D eigenvalue weighted by molar-refractivity contribution is 5.69. The first-order chi connectivity index (χ1) is 13.7. The summed E-state index contributed by atoms with van der Waals surface area (Å²) in [6.45, 7) is 2.38. The predicted octanol–water partition coefficient (Wildman–Crippen LogP) is 4.94. The lowest BCUT2D eigenvalue weighted by molar-refractivity contribution is -0.148. The Labute approximate surface area is 172 Å². The van der Waals surface area contributed by atoms with E-state index < -0.39 is 6.10 Å². The summed E-state index contributed by atoms with van der Waals surface area (Å²) in [5, 5.41) is 18.1. The molecule has 2 N–H and O–H groups in total. The molecule has 0 aliphatic rings. The number of unbranched alkanes of at least 4 members (excludes halogenated alkanes) is 11. The minimum Gasteiger partial charge on any atom is -0.463 e. The average molecular weight is 401 g/mol. The SMILES string of the molecule is CCCCCCCC/C=C/CCCCCCCC(=O)OCC(O)COCCO. The van der Waals surface area contributed by atoms with Gasteiger partial charge >= 0.3 is 5.97 Å². The molecule has 0 saturated carbocycles. The van der Waals surface area contributed by atoms with Crippen molar-refractivity contribution < 1.29 is 24.5 Å². The summed E-state index contributed by atoms with van der Waals surface area (Å²) in [5.41, 5.74) is 0. The maximum Gasteiger partial charge on any atom is 0.305 e. The van der Waals surface area contributed by atoms with E-state index in [2.05, 4.69) is 19.1 Å². The van der Waals surface area contributed by atoms with Gasteiger partial charge in [0.15, 0.2) is 0 Å². The molecule has 0 heterocycles. The number of ether oxygens (including phenoxy) is 2. The summed E-state index contributed by atoms with van der Waals surface area (Å²) in [5.74, 6) is -0.265. The van der Waals surface area contributed by atoms with E-state index >= 15 is 0 Å². The number of carbonyl (C=O) groups excluding carboxylic acids is 1. The van der Waals surface area contributed by atoms with Crippen LogP contribution >= 0.6 is 0 Å². The highest BCUT2D eigenvalue weighted by atomic mass is 16.5. The van der Waals surface area contributed by atoms with Crippen molar-refractivity contribution in [1.29, 1.82) is 0 Å². The van der Waals surface area contributed by atoms with Crippen LogP contribution in [-0.4, -0.2) is 48.7 Å². The maximum absolute atomic E-state index is 11.6. The molecule has 0 saturated heterocycles. The molecule has 0 fully saturated rings. The second-order valence-corrected chi connectivity index (χ2v) is 7.47. The van der Waals surface area contributed by atoms with Gasteiger partial charge in [-0.05, 0) is 32.1 Å². The lowest BCUT2D eigenvalue weighted by atomic mass is 10.1. The van der Waals surface area contributed by atoms with Gasteiger partial charge in [-0.25, -0.2) is 0 Å². The van der Waals surface area contributed by atoms with Crippen molar-refractivity contribution in [3.8, 4) is 0 Å². The van der Waals surface area contributed by atoms with Gasteiger partial charge in [0, 0.05) is 6.42 Å². The third kappa shape index (κ3) is 21.4. The Morgan fingerprint density at radius 1 is 0.857 bits per heavy atom. The number of esters is 1. The van der Waals surface area contributed by atoms with Crippen LogP contribution in [0.25, 0.3) is 0 Å². The minimum atomic E-state index is -0.829. The van der Waals surface area contributed by atoms with Gasteiger partial charge in [-0.3, -0.25) is 4.79 Å². The molecule has 0 aliphatic carbocycles. The molecule has 1 atom stereocenters. The van der Waals surface area contributed by atoms with Crippen molar-refractivity contribution in [2.24, 2.45) is 0 Å². The fraction of sp³-hybridized carbons (Fsp3) is 0.870. The molecular weight excluding hydrogens is 356 g/mol. The molecule has 0 amide bonds. The number of hydrogen-bond acceptors (Lipinski definition) is 5. The highest BCUT2D eigenvalue weighted by Crippen LogP contribution is 2.10. The summed E-state index contributed by atoms with van der Waals surface area (Å²) in [7, 11) is 0. The topological polar surface area (TPSA) is 76.0 Å². The number of allylic oxidation sites excluding steroid dienone is 2. The summed E-state index contributed by atoms with van der Waals surface area (Å²) >= 11 is 0. The molecule has 0 aromatic carbocycles. The lowest BCUT2D eigenvalue weighted by Gasteiger charge is -2.11. The molecule has 0 rings (SSSR count). The molecular formula is C23H44O5. The van der Waals surface area contributed by atoms with Gasteiger partial charge < -0.3 is 19.7 Å². The van der Waals surface area contributed by atoms with E-state index in [0.717, 1.165) is 25.7 Å². The Bertz CT molecular complexity index is 357. The molecule has 0 aliphatic heterocycles. The molecule has 0 aromatic heterocycles. The third-order valence-electron chi connectivity index (χ3n) is 4.63. The van der Waals surface area contributed by atoms with Crippen LogP contribution in [0.15, 0.2) is 12.2 Å². The first kappa shape index (κ1) is 27.1. The second kappa shape index (κ2) is 22.4. The number of rotatable bonds is 21. The quantitative estimate of drug-likeness (QED) is 0.162. The first-order valence-corrected chi connectivity index (χ1v) is 11.4. The van der Waals surface area contributed by atoms with Crippen molar-refractivity contribution in [2.75, 3.05) is 26.4 Å². The van der Waals surface area contributed by atoms with Crippen LogP contribution in [0.4, 0.5) is 0 Å². The van der Waals surface area contributed by atoms with Gasteiger partial charge in [0.1, 0.15) is 12.7 Å². The van der Waals surface area contributed by atoms with E-state index in [1.165, 1.54) is 57.8 Å². The van der Waals surface area contributed by atoms with Crippen LogP contribution < -0.4 is 0 Å². The van der Waals surface area contributed by atoms with Crippen LogP contribution in [0.2, 0.25) is 0 Å².